The molecule has 30 heavy (non-hydrogen) atoms. The minimum atomic E-state index is -3.77. The molecule has 3 rings (SSSR count). The van der Waals surface area contributed by atoms with Gasteiger partial charge in [0.25, 0.3) is 15.9 Å². The third kappa shape index (κ3) is 5.38. The highest BCUT2D eigenvalue weighted by atomic mass is 32.2. The Kier molecular flexibility index (Phi) is 7.12. The molecule has 1 fully saturated rings. The van der Waals surface area contributed by atoms with Gasteiger partial charge in [-0.05, 0) is 44.2 Å². The van der Waals surface area contributed by atoms with Gasteiger partial charge in [0.05, 0.1) is 22.8 Å². The Hall–Kier alpha value is -2.42. The van der Waals surface area contributed by atoms with E-state index in [4.69, 9.17) is 4.74 Å². The number of hydrogen-bond acceptors (Lipinski definition) is 5. The molecular weight excluding hydrogens is 402 g/mol. The van der Waals surface area contributed by atoms with Gasteiger partial charge in [0.15, 0.2) is 0 Å². The zero-order valence-electron chi connectivity index (χ0n) is 17.6. The number of para-hydroxylation sites is 1. The molecule has 0 saturated carbocycles. The van der Waals surface area contributed by atoms with E-state index >= 15 is 0 Å². The Morgan fingerprint density at radius 3 is 2.43 bits per heavy atom. The van der Waals surface area contributed by atoms with Crippen molar-refractivity contribution in [1.29, 1.82) is 0 Å². The molecule has 1 aliphatic rings. The van der Waals surface area contributed by atoms with Crippen LogP contribution in [-0.2, 0) is 14.8 Å². The molecule has 0 radical (unpaired) electrons. The molecule has 1 aliphatic heterocycles. The van der Waals surface area contributed by atoms with Gasteiger partial charge in [0, 0.05) is 38.8 Å². The van der Waals surface area contributed by atoms with Crippen molar-refractivity contribution in [3.05, 3.63) is 60.2 Å². The van der Waals surface area contributed by atoms with E-state index in [2.05, 4.69) is 10.2 Å². The van der Waals surface area contributed by atoms with E-state index in [-0.39, 0.29) is 23.0 Å². The molecule has 2 unspecified atom stereocenters. The lowest BCUT2D eigenvalue weighted by molar-refractivity contribution is -0.0672. The number of ether oxygens (including phenoxy) is 1. The summed E-state index contributed by atoms with van der Waals surface area (Å²) in [5.41, 5.74) is 0.877. The molecule has 162 valence electrons. The molecule has 0 aliphatic carbocycles. The normalized spacial score (nSPS) is 20.0. The highest BCUT2D eigenvalue weighted by Crippen LogP contribution is 2.22. The van der Waals surface area contributed by atoms with Crippen molar-refractivity contribution in [2.24, 2.45) is 0 Å². The van der Waals surface area contributed by atoms with E-state index in [9.17, 15) is 13.2 Å². The van der Waals surface area contributed by atoms with Crippen LogP contribution in [0.1, 0.15) is 24.2 Å². The SMILES string of the molecule is CC1CN(CCNC(=O)c2cccc(S(=O)(=O)N(C)c3ccccc3)c2)CC(C)O1. The highest BCUT2D eigenvalue weighted by Gasteiger charge is 2.23. The molecule has 0 spiro atoms. The fourth-order valence-electron chi connectivity index (χ4n) is 3.63. The van der Waals surface area contributed by atoms with E-state index in [1.807, 2.05) is 19.9 Å². The molecule has 1 amide bonds. The van der Waals surface area contributed by atoms with Crippen LogP contribution in [-0.4, -0.2) is 64.7 Å². The number of nitrogens with zero attached hydrogens (tertiary/aromatic N) is 2. The molecule has 2 atom stereocenters. The molecule has 7 nitrogen and oxygen atoms in total. The first kappa shape index (κ1) is 22.3. The quantitative estimate of drug-likeness (QED) is 0.728. The number of hydrogen-bond donors (Lipinski definition) is 1. The highest BCUT2D eigenvalue weighted by molar-refractivity contribution is 7.92. The van der Waals surface area contributed by atoms with Crippen LogP contribution >= 0.6 is 0 Å². The first-order chi connectivity index (χ1) is 14.3. The third-order valence-corrected chi connectivity index (χ3v) is 6.86. The first-order valence-corrected chi connectivity index (χ1v) is 11.5. The van der Waals surface area contributed by atoms with Gasteiger partial charge in [-0.3, -0.25) is 14.0 Å². The molecule has 0 aromatic heterocycles. The van der Waals surface area contributed by atoms with Crippen molar-refractivity contribution in [2.75, 3.05) is 37.5 Å². The summed E-state index contributed by atoms with van der Waals surface area (Å²) >= 11 is 0. The molecule has 1 saturated heterocycles. The summed E-state index contributed by atoms with van der Waals surface area (Å²) in [6, 6.07) is 15.0. The number of anilines is 1. The summed E-state index contributed by atoms with van der Waals surface area (Å²) in [6.45, 7) is 6.95. The van der Waals surface area contributed by atoms with E-state index < -0.39 is 10.0 Å². The maximum atomic E-state index is 13.0. The third-order valence-electron chi connectivity index (χ3n) is 5.08. The van der Waals surface area contributed by atoms with E-state index in [1.165, 1.54) is 23.5 Å². The zero-order valence-corrected chi connectivity index (χ0v) is 18.4. The molecule has 1 heterocycles. The number of nitrogens with one attached hydrogen (secondary N) is 1. The van der Waals surface area contributed by atoms with Crippen LogP contribution < -0.4 is 9.62 Å². The minimum Gasteiger partial charge on any atom is -0.373 e. The Balaban J connectivity index is 1.63. The summed E-state index contributed by atoms with van der Waals surface area (Å²) in [4.78, 5) is 14.9. The Bertz CT molecular complexity index is 955. The molecule has 2 aromatic rings. The van der Waals surface area contributed by atoms with E-state index in [1.54, 1.807) is 36.4 Å². The van der Waals surface area contributed by atoms with Crippen LogP contribution in [0.3, 0.4) is 0 Å². The van der Waals surface area contributed by atoms with Crippen molar-refractivity contribution in [2.45, 2.75) is 31.0 Å². The predicted molar refractivity (Wildman–Crippen MR) is 117 cm³/mol. The summed E-state index contributed by atoms with van der Waals surface area (Å²) in [7, 11) is -2.27. The van der Waals surface area contributed by atoms with Gasteiger partial charge in [-0.25, -0.2) is 8.42 Å². The minimum absolute atomic E-state index is 0.0809. The van der Waals surface area contributed by atoms with E-state index in [0.29, 0.717) is 17.8 Å². The Morgan fingerprint density at radius 1 is 1.10 bits per heavy atom. The topological polar surface area (TPSA) is 79.0 Å². The second-order valence-electron chi connectivity index (χ2n) is 7.61. The van der Waals surface area contributed by atoms with Crippen molar-refractivity contribution >= 4 is 21.6 Å². The zero-order chi connectivity index (χ0) is 21.7. The Morgan fingerprint density at radius 2 is 1.77 bits per heavy atom. The van der Waals surface area contributed by atoms with Gasteiger partial charge in [-0.1, -0.05) is 24.3 Å². The van der Waals surface area contributed by atoms with Crippen molar-refractivity contribution in [3.63, 3.8) is 0 Å². The van der Waals surface area contributed by atoms with Gasteiger partial charge in [-0.2, -0.15) is 0 Å². The summed E-state index contributed by atoms with van der Waals surface area (Å²) < 4.78 is 32.9. The number of amides is 1. The average molecular weight is 432 g/mol. The standard InChI is InChI=1S/C22H29N3O4S/c1-17-15-25(16-18(2)29-17)13-12-23-22(26)19-8-7-11-21(14-19)30(27,28)24(3)20-9-5-4-6-10-20/h4-11,14,17-18H,12-13,15-16H2,1-3H3,(H,23,26). The lowest BCUT2D eigenvalue weighted by atomic mass is 10.2. The lowest BCUT2D eigenvalue weighted by Crippen LogP contribution is -2.47. The first-order valence-electron chi connectivity index (χ1n) is 10.1. The largest absolute Gasteiger partial charge is 0.373 e. The molecule has 8 heteroatoms. The fraction of sp³-hybridized carbons (Fsp3) is 0.409. The number of carbonyl (C=O) groups excluding carboxylic acids is 1. The lowest BCUT2D eigenvalue weighted by Gasteiger charge is -2.35. The second kappa shape index (κ2) is 9.59. The van der Waals surface area contributed by atoms with Gasteiger partial charge in [0.2, 0.25) is 0 Å². The van der Waals surface area contributed by atoms with Crippen LogP contribution in [0.15, 0.2) is 59.5 Å². The van der Waals surface area contributed by atoms with Crippen LogP contribution in [0, 0.1) is 0 Å². The molecule has 0 bridgehead atoms. The van der Waals surface area contributed by atoms with Crippen LogP contribution in [0.4, 0.5) is 5.69 Å². The maximum absolute atomic E-state index is 13.0. The van der Waals surface area contributed by atoms with Crippen molar-refractivity contribution in [1.82, 2.24) is 10.2 Å². The van der Waals surface area contributed by atoms with Crippen LogP contribution in [0.2, 0.25) is 0 Å². The number of sulfonamides is 1. The summed E-state index contributed by atoms with van der Waals surface area (Å²) in [5, 5.41) is 2.89. The number of rotatable bonds is 7. The smallest absolute Gasteiger partial charge is 0.264 e. The average Bonchev–Trinajstić information content (AvgIpc) is 2.73. The van der Waals surface area contributed by atoms with Gasteiger partial charge < -0.3 is 10.1 Å². The molecular formula is C22H29N3O4S. The fourth-order valence-corrected chi connectivity index (χ4v) is 4.87. The van der Waals surface area contributed by atoms with Gasteiger partial charge >= 0.3 is 0 Å². The van der Waals surface area contributed by atoms with Crippen molar-refractivity contribution in [3.8, 4) is 0 Å². The summed E-state index contributed by atoms with van der Waals surface area (Å²) in [6.07, 6.45) is 0.348. The van der Waals surface area contributed by atoms with E-state index in [0.717, 1.165) is 19.6 Å². The second-order valence-corrected chi connectivity index (χ2v) is 9.58. The predicted octanol–water partition coefficient (Wildman–Crippen LogP) is 2.35. The van der Waals surface area contributed by atoms with Crippen LogP contribution in [0.5, 0.6) is 0 Å². The van der Waals surface area contributed by atoms with Gasteiger partial charge in [-0.15, -0.1) is 0 Å². The Labute approximate surface area is 178 Å². The van der Waals surface area contributed by atoms with Gasteiger partial charge in [0.1, 0.15) is 0 Å². The molecule has 1 N–H and O–H groups in total. The maximum Gasteiger partial charge on any atom is 0.264 e. The number of benzene rings is 2. The number of morpholine rings is 1. The molecule has 2 aromatic carbocycles. The summed E-state index contributed by atoms with van der Waals surface area (Å²) in [5.74, 6) is -0.288. The monoisotopic (exact) mass is 431 g/mol. The number of carbonyl (C=O) groups is 1. The van der Waals surface area contributed by atoms with Crippen molar-refractivity contribution < 1.29 is 17.9 Å². The van der Waals surface area contributed by atoms with Crippen LogP contribution in [0.25, 0.3) is 0 Å².